The summed E-state index contributed by atoms with van der Waals surface area (Å²) in [5.41, 5.74) is 0. The first-order chi connectivity index (χ1) is 7.03. The lowest BCUT2D eigenvalue weighted by Gasteiger charge is -2.21. The van der Waals surface area contributed by atoms with Crippen LogP contribution in [0.5, 0.6) is 0 Å². The smallest absolute Gasteiger partial charge is 0.153 e. The van der Waals surface area contributed by atoms with Crippen molar-refractivity contribution in [3.05, 3.63) is 0 Å². The molecule has 2 N–H and O–H groups in total. The van der Waals surface area contributed by atoms with Gasteiger partial charge in [-0.15, -0.1) is 0 Å². The van der Waals surface area contributed by atoms with E-state index in [4.69, 9.17) is 10.2 Å². The lowest BCUT2D eigenvalue weighted by Crippen LogP contribution is -2.29. The lowest BCUT2D eigenvalue weighted by atomic mass is 9.91. The van der Waals surface area contributed by atoms with E-state index >= 15 is 0 Å². The van der Waals surface area contributed by atoms with Crippen molar-refractivity contribution in [3.63, 3.8) is 0 Å². The Morgan fingerprint density at radius 1 is 1.20 bits per heavy atom. The van der Waals surface area contributed by atoms with Crippen LogP contribution in [0, 0.1) is 5.92 Å². The predicted octanol–water partition coefficient (Wildman–Crippen LogP) is 0.335. The molecule has 0 aromatic heterocycles. The maximum absolute atomic E-state index is 11.6. The second kappa shape index (κ2) is 5.82. The number of aliphatic hydroxyl groups is 2. The monoisotopic (exact) mass is 236 g/mol. The highest BCUT2D eigenvalue weighted by Crippen LogP contribution is 2.25. The van der Waals surface area contributed by atoms with Crippen LogP contribution >= 0.6 is 0 Å². The minimum atomic E-state index is -3.20. The summed E-state index contributed by atoms with van der Waals surface area (Å²) in [4.78, 5) is 0. The zero-order valence-corrected chi connectivity index (χ0v) is 9.75. The maximum Gasteiger partial charge on any atom is 0.153 e. The largest absolute Gasteiger partial charge is 0.394 e. The van der Waals surface area contributed by atoms with Gasteiger partial charge in [-0.25, -0.2) is 8.42 Å². The normalized spacial score (nSPS) is 21.5. The van der Waals surface area contributed by atoms with Gasteiger partial charge in [-0.3, -0.25) is 0 Å². The van der Waals surface area contributed by atoms with Crippen LogP contribution in [0.2, 0.25) is 0 Å². The molecule has 15 heavy (non-hydrogen) atoms. The summed E-state index contributed by atoms with van der Waals surface area (Å²) in [6, 6.07) is 0. The molecule has 0 aliphatic heterocycles. The Kier molecular flexibility index (Phi) is 5.02. The molecule has 5 heteroatoms. The fourth-order valence-corrected chi connectivity index (χ4v) is 4.01. The van der Waals surface area contributed by atoms with E-state index in [0.29, 0.717) is 0 Å². The van der Waals surface area contributed by atoms with Crippen LogP contribution in [0.4, 0.5) is 0 Å². The first kappa shape index (κ1) is 12.9. The molecular weight excluding hydrogens is 216 g/mol. The highest BCUT2D eigenvalue weighted by molar-refractivity contribution is 7.91. The standard InChI is InChI=1S/C10H20O4S/c11-6-10(12)8-15(13,14)7-9-4-2-1-3-5-9/h9-12H,1-8H2. The topological polar surface area (TPSA) is 74.6 Å². The van der Waals surface area contributed by atoms with Crippen molar-refractivity contribution in [2.24, 2.45) is 5.92 Å². The van der Waals surface area contributed by atoms with Crippen LogP contribution in [0.15, 0.2) is 0 Å². The number of hydrogen-bond donors (Lipinski definition) is 2. The Morgan fingerprint density at radius 3 is 2.33 bits per heavy atom. The zero-order chi connectivity index (χ0) is 11.3. The molecule has 0 aromatic carbocycles. The minimum Gasteiger partial charge on any atom is -0.394 e. The number of hydrogen-bond acceptors (Lipinski definition) is 4. The molecule has 0 amide bonds. The van der Waals surface area contributed by atoms with Gasteiger partial charge in [-0.2, -0.15) is 0 Å². The molecule has 4 nitrogen and oxygen atoms in total. The second-order valence-electron chi connectivity index (χ2n) is 4.42. The molecule has 0 heterocycles. The molecule has 1 rings (SSSR count). The third-order valence-electron chi connectivity index (χ3n) is 2.87. The molecule has 1 fully saturated rings. The maximum atomic E-state index is 11.6. The number of aliphatic hydroxyl groups excluding tert-OH is 2. The Balaban J connectivity index is 2.40. The van der Waals surface area contributed by atoms with E-state index in [-0.39, 0.29) is 17.4 Å². The summed E-state index contributed by atoms with van der Waals surface area (Å²) in [5.74, 6) is 0.124. The average Bonchev–Trinajstić information content (AvgIpc) is 2.17. The third kappa shape index (κ3) is 4.95. The van der Waals surface area contributed by atoms with Crippen LogP contribution in [0.3, 0.4) is 0 Å². The van der Waals surface area contributed by atoms with Gasteiger partial charge in [0, 0.05) is 0 Å². The minimum absolute atomic E-state index is 0.171. The van der Waals surface area contributed by atoms with E-state index in [1.54, 1.807) is 0 Å². The van der Waals surface area contributed by atoms with E-state index in [1.807, 2.05) is 0 Å². The fraction of sp³-hybridized carbons (Fsp3) is 1.00. The van der Waals surface area contributed by atoms with Gasteiger partial charge in [0.15, 0.2) is 9.84 Å². The van der Waals surface area contributed by atoms with Crippen LogP contribution in [-0.2, 0) is 9.84 Å². The number of sulfone groups is 1. The van der Waals surface area contributed by atoms with Gasteiger partial charge in [-0.05, 0) is 18.8 Å². The Morgan fingerprint density at radius 2 is 1.80 bits per heavy atom. The van der Waals surface area contributed by atoms with Crippen LogP contribution in [-0.4, -0.2) is 42.8 Å². The van der Waals surface area contributed by atoms with E-state index in [9.17, 15) is 8.42 Å². The Hall–Kier alpha value is -0.130. The van der Waals surface area contributed by atoms with Gasteiger partial charge in [-0.1, -0.05) is 19.3 Å². The molecule has 0 bridgehead atoms. The van der Waals surface area contributed by atoms with Crippen molar-refractivity contribution in [1.82, 2.24) is 0 Å². The zero-order valence-electron chi connectivity index (χ0n) is 8.93. The molecule has 0 aromatic rings. The fourth-order valence-electron chi connectivity index (χ4n) is 2.13. The highest BCUT2D eigenvalue weighted by atomic mass is 32.2. The summed E-state index contributed by atoms with van der Waals surface area (Å²) in [7, 11) is -3.20. The highest BCUT2D eigenvalue weighted by Gasteiger charge is 2.23. The summed E-state index contributed by atoms with van der Waals surface area (Å²) in [6.07, 6.45) is 4.27. The van der Waals surface area contributed by atoms with Crippen molar-refractivity contribution in [1.29, 1.82) is 0 Å². The summed E-state index contributed by atoms with van der Waals surface area (Å²) in [5, 5.41) is 17.7. The van der Waals surface area contributed by atoms with E-state index in [1.165, 1.54) is 6.42 Å². The molecule has 1 unspecified atom stereocenters. The average molecular weight is 236 g/mol. The van der Waals surface area contributed by atoms with Crippen molar-refractivity contribution >= 4 is 9.84 Å². The third-order valence-corrected chi connectivity index (χ3v) is 4.74. The molecule has 1 atom stereocenters. The van der Waals surface area contributed by atoms with Crippen molar-refractivity contribution in [2.75, 3.05) is 18.1 Å². The molecule has 0 saturated heterocycles. The van der Waals surface area contributed by atoms with Gasteiger partial charge in [0.05, 0.1) is 24.2 Å². The Labute approximate surface area is 91.2 Å². The molecule has 1 aliphatic rings. The molecule has 0 radical (unpaired) electrons. The molecule has 1 saturated carbocycles. The molecular formula is C10H20O4S. The predicted molar refractivity (Wildman–Crippen MR) is 58.3 cm³/mol. The summed E-state index contributed by atoms with van der Waals surface area (Å²) in [6.45, 7) is -0.482. The number of rotatable bonds is 5. The second-order valence-corrected chi connectivity index (χ2v) is 6.57. The van der Waals surface area contributed by atoms with E-state index in [2.05, 4.69) is 0 Å². The lowest BCUT2D eigenvalue weighted by molar-refractivity contribution is 0.112. The summed E-state index contributed by atoms with van der Waals surface area (Å²) >= 11 is 0. The van der Waals surface area contributed by atoms with Crippen LogP contribution in [0.25, 0.3) is 0 Å². The molecule has 1 aliphatic carbocycles. The van der Waals surface area contributed by atoms with Crippen LogP contribution in [0.1, 0.15) is 32.1 Å². The van der Waals surface area contributed by atoms with Gasteiger partial charge >= 0.3 is 0 Å². The van der Waals surface area contributed by atoms with Crippen molar-refractivity contribution < 1.29 is 18.6 Å². The van der Waals surface area contributed by atoms with Crippen molar-refractivity contribution in [3.8, 4) is 0 Å². The van der Waals surface area contributed by atoms with Gasteiger partial charge in [0.2, 0.25) is 0 Å². The van der Waals surface area contributed by atoms with Gasteiger partial charge < -0.3 is 10.2 Å². The Bertz CT molecular complexity index is 267. The SMILES string of the molecule is O=S(=O)(CC(O)CO)CC1CCCCC1. The van der Waals surface area contributed by atoms with E-state index < -0.39 is 22.5 Å². The van der Waals surface area contributed by atoms with Crippen molar-refractivity contribution in [2.45, 2.75) is 38.2 Å². The first-order valence-corrected chi connectivity index (χ1v) is 7.35. The van der Waals surface area contributed by atoms with E-state index in [0.717, 1.165) is 25.7 Å². The molecule has 90 valence electrons. The van der Waals surface area contributed by atoms with Gasteiger partial charge in [0.1, 0.15) is 0 Å². The van der Waals surface area contributed by atoms with Crippen LogP contribution < -0.4 is 0 Å². The quantitative estimate of drug-likeness (QED) is 0.721. The van der Waals surface area contributed by atoms with Gasteiger partial charge in [0.25, 0.3) is 0 Å². The summed E-state index contributed by atoms with van der Waals surface area (Å²) < 4.78 is 23.2. The molecule has 0 spiro atoms. The first-order valence-electron chi connectivity index (χ1n) is 5.53.